The molecule has 1 aromatic heterocycles. The third-order valence-electron chi connectivity index (χ3n) is 3.04. The van der Waals surface area contributed by atoms with Gasteiger partial charge in [-0.25, -0.2) is 0 Å². The number of aryl methyl sites for hydroxylation is 1. The second-order valence-electron chi connectivity index (χ2n) is 4.72. The highest BCUT2D eigenvalue weighted by Gasteiger charge is 2.07. The lowest BCUT2D eigenvalue weighted by atomic mass is 10.1. The minimum atomic E-state index is 0.553. The Morgan fingerprint density at radius 2 is 1.83 bits per heavy atom. The van der Waals surface area contributed by atoms with E-state index in [9.17, 15) is 0 Å². The van der Waals surface area contributed by atoms with Gasteiger partial charge in [-0.2, -0.15) is 5.10 Å². The molecule has 0 aliphatic rings. The predicted octanol–water partition coefficient (Wildman–Crippen LogP) is 2.21. The number of nitrogens with one attached hydrogen (secondary N) is 2. The Kier molecular flexibility index (Phi) is 4.10. The van der Waals surface area contributed by atoms with E-state index in [1.165, 1.54) is 0 Å². The van der Waals surface area contributed by atoms with Crippen molar-refractivity contribution in [3.63, 3.8) is 0 Å². The first-order valence-corrected chi connectivity index (χ1v) is 6.33. The molecule has 2 N–H and O–H groups in total. The summed E-state index contributed by atoms with van der Waals surface area (Å²) in [6.45, 7) is 6.07. The molecule has 0 bridgehead atoms. The van der Waals surface area contributed by atoms with Gasteiger partial charge in [-0.15, -0.1) is 5.10 Å². The van der Waals surface area contributed by atoms with Gasteiger partial charge in [-0.05, 0) is 26.4 Å². The third kappa shape index (κ3) is 2.76. The van der Waals surface area contributed by atoms with Crippen LogP contribution in [0.2, 0.25) is 0 Å². The number of hydrogen-bond donors (Lipinski definition) is 2. The molecule has 0 aliphatic heterocycles. The van der Waals surface area contributed by atoms with Crippen molar-refractivity contribution in [3.05, 3.63) is 30.0 Å². The Balaban J connectivity index is 2.21. The smallest absolute Gasteiger partial charge is 0.156 e. The zero-order valence-electron chi connectivity index (χ0n) is 11.2. The number of fused-ring (bicyclic) bond motifs is 1. The summed E-state index contributed by atoms with van der Waals surface area (Å²) >= 11 is 0. The highest BCUT2D eigenvalue weighted by molar-refractivity contribution is 5.92. The molecule has 0 fully saturated rings. The minimum Gasteiger partial charge on any atom is -0.368 e. The van der Waals surface area contributed by atoms with Crippen LogP contribution >= 0.6 is 0 Å². The zero-order chi connectivity index (χ0) is 13.0. The monoisotopic (exact) mass is 244 g/mol. The molecular weight excluding hydrogens is 224 g/mol. The van der Waals surface area contributed by atoms with Gasteiger partial charge in [0, 0.05) is 17.3 Å². The number of anilines is 1. The SMILES string of the molecule is CNCC(C)CNc1nnc(C)c2ccccc12. The van der Waals surface area contributed by atoms with E-state index >= 15 is 0 Å². The lowest BCUT2D eigenvalue weighted by molar-refractivity contribution is 0.568. The molecule has 4 heteroatoms. The molecular formula is C14H20N4. The van der Waals surface area contributed by atoms with Gasteiger partial charge >= 0.3 is 0 Å². The molecule has 0 spiro atoms. The summed E-state index contributed by atoms with van der Waals surface area (Å²) in [4.78, 5) is 0. The summed E-state index contributed by atoms with van der Waals surface area (Å²) in [5.41, 5.74) is 0.972. The Bertz CT molecular complexity index is 524. The summed E-state index contributed by atoms with van der Waals surface area (Å²) in [6.07, 6.45) is 0. The van der Waals surface area contributed by atoms with Crippen molar-refractivity contribution in [2.24, 2.45) is 5.92 Å². The van der Waals surface area contributed by atoms with Crippen molar-refractivity contribution < 1.29 is 0 Å². The molecule has 18 heavy (non-hydrogen) atoms. The van der Waals surface area contributed by atoms with E-state index in [-0.39, 0.29) is 0 Å². The molecule has 4 nitrogen and oxygen atoms in total. The van der Waals surface area contributed by atoms with Crippen LogP contribution in [0.4, 0.5) is 5.82 Å². The Labute approximate surface area is 108 Å². The fourth-order valence-electron chi connectivity index (χ4n) is 2.06. The van der Waals surface area contributed by atoms with Crippen LogP contribution in [0.15, 0.2) is 24.3 Å². The third-order valence-corrected chi connectivity index (χ3v) is 3.04. The maximum Gasteiger partial charge on any atom is 0.156 e. The Hall–Kier alpha value is -1.68. The van der Waals surface area contributed by atoms with E-state index in [0.717, 1.165) is 35.4 Å². The lowest BCUT2D eigenvalue weighted by Crippen LogP contribution is -2.23. The van der Waals surface area contributed by atoms with Crippen LogP contribution in [0.5, 0.6) is 0 Å². The van der Waals surface area contributed by atoms with Crippen LogP contribution in [-0.4, -0.2) is 30.3 Å². The summed E-state index contributed by atoms with van der Waals surface area (Å²) < 4.78 is 0. The molecule has 0 saturated carbocycles. The van der Waals surface area contributed by atoms with Crippen LogP contribution in [0, 0.1) is 12.8 Å². The largest absolute Gasteiger partial charge is 0.368 e. The van der Waals surface area contributed by atoms with Crippen LogP contribution in [-0.2, 0) is 0 Å². The van der Waals surface area contributed by atoms with Gasteiger partial charge in [-0.3, -0.25) is 0 Å². The van der Waals surface area contributed by atoms with Crippen molar-refractivity contribution in [2.45, 2.75) is 13.8 Å². The Morgan fingerprint density at radius 1 is 1.11 bits per heavy atom. The zero-order valence-corrected chi connectivity index (χ0v) is 11.2. The van der Waals surface area contributed by atoms with Crippen LogP contribution in [0.1, 0.15) is 12.6 Å². The van der Waals surface area contributed by atoms with Crippen molar-refractivity contribution in [2.75, 3.05) is 25.5 Å². The van der Waals surface area contributed by atoms with Gasteiger partial charge in [0.2, 0.25) is 0 Å². The maximum atomic E-state index is 4.26. The second-order valence-corrected chi connectivity index (χ2v) is 4.72. The fourth-order valence-corrected chi connectivity index (χ4v) is 2.06. The van der Waals surface area contributed by atoms with Crippen LogP contribution < -0.4 is 10.6 Å². The normalized spacial score (nSPS) is 12.6. The van der Waals surface area contributed by atoms with E-state index in [4.69, 9.17) is 0 Å². The summed E-state index contributed by atoms with van der Waals surface area (Å²) in [5.74, 6) is 1.43. The number of benzene rings is 1. The molecule has 2 rings (SSSR count). The maximum absolute atomic E-state index is 4.26. The first-order valence-electron chi connectivity index (χ1n) is 6.33. The first-order chi connectivity index (χ1) is 8.72. The lowest BCUT2D eigenvalue weighted by Gasteiger charge is -2.13. The minimum absolute atomic E-state index is 0.553. The van der Waals surface area contributed by atoms with Gasteiger partial charge in [0.15, 0.2) is 5.82 Å². The number of hydrogen-bond acceptors (Lipinski definition) is 4. The molecule has 0 saturated heterocycles. The molecule has 1 atom stereocenters. The number of aromatic nitrogens is 2. The number of rotatable bonds is 5. The van der Waals surface area contributed by atoms with Gasteiger partial charge in [-0.1, -0.05) is 31.2 Å². The van der Waals surface area contributed by atoms with Gasteiger partial charge in [0.05, 0.1) is 5.69 Å². The van der Waals surface area contributed by atoms with Crippen LogP contribution in [0.25, 0.3) is 10.8 Å². The molecule has 96 valence electrons. The predicted molar refractivity (Wildman–Crippen MR) is 75.9 cm³/mol. The first kappa shape index (κ1) is 12.8. The standard InChI is InChI=1S/C14H20N4/c1-10(8-15-3)9-16-14-13-7-5-4-6-12(13)11(2)17-18-14/h4-7,10,15H,8-9H2,1-3H3,(H,16,18). The molecule has 0 amide bonds. The van der Waals surface area contributed by atoms with E-state index < -0.39 is 0 Å². The van der Waals surface area contributed by atoms with Gasteiger partial charge in [0.1, 0.15) is 0 Å². The average Bonchev–Trinajstić information content (AvgIpc) is 2.39. The molecule has 2 aromatic rings. The van der Waals surface area contributed by atoms with Crippen molar-refractivity contribution in [1.82, 2.24) is 15.5 Å². The molecule has 1 aromatic carbocycles. The highest BCUT2D eigenvalue weighted by Crippen LogP contribution is 2.22. The summed E-state index contributed by atoms with van der Waals surface area (Å²) in [6, 6.07) is 8.24. The summed E-state index contributed by atoms with van der Waals surface area (Å²) in [5, 5.41) is 17.3. The van der Waals surface area contributed by atoms with Crippen molar-refractivity contribution >= 4 is 16.6 Å². The highest BCUT2D eigenvalue weighted by atomic mass is 15.2. The van der Waals surface area contributed by atoms with E-state index in [2.05, 4.69) is 39.9 Å². The summed E-state index contributed by atoms with van der Waals surface area (Å²) in [7, 11) is 1.97. The topological polar surface area (TPSA) is 49.8 Å². The Morgan fingerprint density at radius 3 is 2.56 bits per heavy atom. The second kappa shape index (κ2) is 5.78. The number of nitrogens with zero attached hydrogens (tertiary/aromatic N) is 2. The molecule has 1 heterocycles. The molecule has 0 aliphatic carbocycles. The van der Waals surface area contributed by atoms with Crippen molar-refractivity contribution in [1.29, 1.82) is 0 Å². The van der Waals surface area contributed by atoms with Gasteiger partial charge < -0.3 is 10.6 Å². The van der Waals surface area contributed by atoms with E-state index in [1.807, 2.05) is 26.1 Å². The quantitative estimate of drug-likeness (QED) is 0.846. The van der Waals surface area contributed by atoms with E-state index in [1.54, 1.807) is 0 Å². The fraction of sp³-hybridized carbons (Fsp3) is 0.429. The van der Waals surface area contributed by atoms with Crippen molar-refractivity contribution in [3.8, 4) is 0 Å². The average molecular weight is 244 g/mol. The van der Waals surface area contributed by atoms with E-state index in [0.29, 0.717) is 5.92 Å². The van der Waals surface area contributed by atoms with Crippen LogP contribution in [0.3, 0.4) is 0 Å². The molecule has 0 radical (unpaired) electrons. The molecule has 1 unspecified atom stereocenters. The van der Waals surface area contributed by atoms with Gasteiger partial charge in [0.25, 0.3) is 0 Å².